The molecule has 0 amide bonds. The standard InChI is InChI=1S/C25H32N4O2/c1-18-3-6-23(27-26-18)29-15-10-25(11-16-29)8-13-28(14-9-25)12-7-20-4-5-21-22(19(20)2)17-31-24(21)30/h3-6H,7-17H2,1-2H3. The van der Waals surface area contributed by atoms with Gasteiger partial charge < -0.3 is 14.5 Å². The minimum atomic E-state index is -0.175. The van der Waals surface area contributed by atoms with Gasteiger partial charge in [-0.1, -0.05) is 6.07 Å². The molecule has 4 heterocycles. The molecule has 2 saturated heterocycles. The van der Waals surface area contributed by atoms with Gasteiger partial charge >= 0.3 is 5.97 Å². The Morgan fingerprint density at radius 1 is 0.968 bits per heavy atom. The predicted octanol–water partition coefficient (Wildman–Crippen LogP) is 3.69. The summed E-state index contributed by atoms with van der Waals surface area (Å²) in [5.41, 5.74) is 5.91. The first kappa shape index (κ1) is 20.4. The molecule has 31 heavy (non-hydrogen) atoms. The van der Waals surface area contributed by atoms with Gasteiger partial charge in [0.15, 0.2) is 5.82 Å². The van der Waals surface area contributed by atoms with E-state index in [9.17, 15) is 4.79 Å². The van der Waals surface area contributed by atoms with Crippen LogP contribution >= 0.6 is 0 Å². The zero-order chi connectivity index (χ0) is 21.4. The Hall–Kier alpha value is -2.47. The molecule has 1 aromatic carbocycles. The number of cyclic esters (lactones) is 1. The van der Waals surface area contributed by atoms with E-state index in [0.717, 1.165) is 48.7 Å². The first-order valence-corrected chi connectivity index (χ1v) is 11.6. The van der Waals surface area contributed by atoms with Gasteiger partial charge in [0, 0.05) is 25.2 Å². The Bertz CT molecular complexity index is 954. The summed E-state index contributed by atoms with van der Waals surface area (Å²) in [5, 5.41) is 8.60. The van der Waals surface area contributed by atoms with Crippen molar-refractivity contribution >= 4 is 11.8 Å². The first-order chi connectivity index (χ1) is 15.0. The zero-order valence-corrected chi connectivity index (χ0v) is 18.7. The van der Waals surface area contributed by atoms with E-state index < -0.39 is 0 Å². The average molecular weight is 421 g/mol. The summed E-state index contributed by atoms with van der Waals surface area (Å²) in [6.45, 7) is 10.2. The van der Waals surface area contributed by atoms with E-state index in [2.05, 4.69) is 45.1 Å². The Balaban J connectivity index is 1.12. The third kappa shape index (κ3) is 4.05. The van der Waals surface area contributed by atoms with Crippen LogP contribution < -0.4 is 4.90 Å². The molecule has 6 nitrogen and oxygen atoms in total. The first-order valence-electron chi connectivity index (χ1n) is 11.6. The average Bonchev–Trinajstić information content (AvgIpc) is 3.17. The highest BCUT2D eigenvalue weighted by atomic mass is 16.5. The molecule has 2 aromatic rings. The number of benzene rings is 1. The number of piperidine rings is 2. The van der Waals surface area contributed by atoms with Crippen LogP contribution in [-0.4, -0.2) is 53.8 Å². The molecular formula is C25H32N4O2. The van der Waals surface area contributed by atoms with Crippen molar-refractivity contribution in [2.75, 3.05) is 37.6 Å². The number of hydrogen-bond acceptors (Lipinski definition) is 6. The van der Waals surface area contributed by atoms with E-state index in [-0.39, 0.29) is 5.97 Å². The van der Waals surface area contributed by atoms with E-state index in [0.29, 0.717) is 12.0 Å². The quantitative estimate of drug-likeness (QED) is 0.703. The van der Waals surface area contributed by atoms with Crippen molar-refractivity contribution in [3.8, 4) is 0 Å². The SMILES string of the molecule is Cc1ccc(N2CCC3(CCN(CCc4ccc5c(c4C)COC5=O)CC3)CC2)nn1. The van der Waals surface area contributed by atoms with Gasteiger partial charge in [0.1, 0.15) is 6.61 Å². The highest BCUT2D eigenvalue weighted by Gasteiger charge is 2.37. The number of carbonyl (C=O) groups is 1. The molecule has 3 aliphatic heterocycles. The molecule has 0 aliphatic carbocycles. The van der Waals surface area contributed by atoms with Gasteiger partial charge in [-0.25, -0.2) is 4.79 Å². The minimum absolute atomic E-state index is 0.175. The second kappa shape index (κ2) is 8.23. The van der Waals surface area contributed by atoms with Gasteiger partial charge in [0.25, 0.3) is 0 Å². The van der Waals surface area contributed by atoms with Crippen LogP contribution in [0.2, 0.25) is 0 Å². The second-order valence-electron chi connectivity index (χ2n) is 9.56. The van der Waals surface area contributed by atoms with E-state index in [1.54, 1.807) is 0 Å². The smallest absolute Gasteiger partial charge is 0.338 e. The normalized spacial score (nSPS) is 20.7. The number of likely N-dealkylation sites (tertiary alicyclic amines) is 1. The van der Waals surface area contributed by atoms with Gasteiger partial charge in [-0.2, -0.15) is 5.10 Å². The summed E-state index contributed by atoms with van der Waals surface area (Å²) in [7, 11) is 0. The predicted molar refractivity (Wildman–Crippen MR) is 120 cm³/mol. The lowest BCUT2D eigenvalue weighted by molar-refractivity contribution is 0.0535. The van der Waals surface area contributed by atoms with Crippen LogP contribution in [0.5, 0.6) is 0 Å². The lowest BCUT2D eigenvalue weighted by atomic mass is 9.71. The molecule has 0 atom stereocenters. The van der Waals surface area contributed by atoms with Crippen molar-refractivity contribution in [1.82, 2.24) is 15.1 Å². The molecule has 3 aliphatic rings. The van der Waals surface area contributed by atoms with Crippen LogP contribution in [0.3, 0.4) is 0 Å². The third-order valence-corrected chi connectivity index (χ3v) is 7.82. The summed E-state index contributed by atoms with van der Waals surface area (Å²) in [6, 6.07) is 8.23. The highest BCUT2D eigenvalue weighted by Crippen LogP contribution is 2.42. The Labute approximate surface area is 184 Å². The number of ether oxygens (including phenoxy) is 1. The molecule has 0 radical (unpaired) electrons. The summed E-state index contributed by atoms with van der Waals surface area (Å²) in [6.07, 6.45) is 6.15. The van der Waals surface area contributed by atoms with Gasteiger partial charge in [-0.15, -0.1) is 5.10 Å². The maximum atomic E-state index is 11.8. The fourth-order valence-corrected chi connectivity index (χ4v) is 5.47. The van der Waals surface area contributed by atoms with E-state index in [1.165, 1.54) is 49.9 Å². The van der Waals surface area contributed by atoms with Crippen molar-refractivity contribution in [3.05, 3.63) is 52.2 Å². The van der Waals surface area contributed by atoms with Crippen molar-refractivity contribution in [1.29, 1.82) is 0 Å². The molecule has 0 saturated carbocycles. The van der Waals surface area contributed by atoms with Crippen LogP contribution in [0, 0.1) is 19.3 Å². The van der Waals surface area contributed by atoms with Crippen LogP contribution in [-0.2, 0) is 17.8 Å². The number of fused-ring (bicyclic) bond motifs is 1. The molecule has 164 valence electrons. The third-order valence-electron chi connectivity index (χ3n) is 7.82. The van der Waals surface area contributed by atoms with Gasteiger partial charge in [-0.3, -0.25) is 0 Å². The molecule has 0 unspecified atom stereocenters. The lowest BCUT2D eigenvalue weighted by Crippen LogP contribution is -2.47. The fraction of sp³-hybridized carbons (Fsp3) is 0.560. The summed E-state index contributed by atoms with van der Waals surface area (Å²) in [4.78, 5) is 16.8. The van der Waals surface area contributed by atoms with Gasteiger partial charge in [0.2, 0.25) is 0 Å². The number of aryl methyl sites for hydroxylation is 1. The molecular weight excluding hydrogens is 388 g/mol. The molecule has 6 heteroatoms. The molecule has 0 bridgehead atoms. The van der Waals surface area contributed by atoms with Crippen molar-refractivity contribution in [3.63, 3.8) is 0 Å². The number of esters is 1. The summed E-state index contributed by atoms with van der Waals surface area (Å²) in [5.74, 6) is 0.848. The largest absolute Gasteiger partial charge is 0.457 e. The second-order valence-corrected chi connectivity index (χ2v) is 9.56. The molecule has 1 aromatic heterocycles. The van der Waals surface area contributed by atoms with E-state index in [4.69, 9.17) is 4.74 Å². The Kier molecular flexibility index (Phi) is 5.42. The van der Waals surface area contributed by atoms with Crippen LogP contribution in [0.25, 0.3) is 0 Å². The maximum Gasteiger partial charge on any atom is 0.338 e. The number of aromatic nitrogens is 2. The fourth-order valence-electron chi connectivity index (χ4n) is 5.47. The van der Waals surface area contributed by atoms with Crippen LogP contribution in [0.15, 0.2) is 24.3 Å². The molecule has 0 N–H and O–H groups in total. The monoisotopic (exact) mass is 420 g/mol. The number of nitrogens with zero attached hydrogens (tertiary/aromatic N) is 4. The number of carbonyl (C=O) groups excluding carboxylic acids is 1. The minimum Gasteiger partial charge on any atom is -0.457 e. The van der Waals surface area contributed by atoms with Gasteiger partial charge in [-0.05, 0) is 93.8 Å². The zero-order valence-electron chi connectivity index (χ0n) is 18.7. The van der Waals surface area contributed by atoms with Crippen LogP contribution in [0.1, 0.15) is 58.4 Å². The molecule has 1 spiro atoms. The summed E-state index contributed by atoms with van der Waals surface area (Å²) >= 11 is 0. The van der Waals surface area contributed by atoms with E-state index >= 15 is 0 Å². The van der Waals surface area contributed by atoms with Crippen molar-refractivity contribution in [2.45, 2.75) is 52.6 Å². The van der Waals surface area contributed by atoms with Crippen molar-refractivity contribution in [2.24, 2.45) is 5.41 Å². The van der Waals surface area contributed by atoms with Gasteiger partial charge in [0.05, 0.1) is 11.3 Å². The molecule has 2 fully saturated rings. The highest BCUT2D eigenvalue weighted by molar-refractivity contribution is 5.93. The number of rotatable bonds is 4. The molecule has 5 rings (SSSR count). The number of hydrogen-bond donors (Lipinski definition) is 0. The lowest BCUT2D eigenvalue weighted by Gasteiger charge is -2.47. The Morgan fingerprint density at radius 2 is 1.71 bits per heavy atom. The van der Waals surface area contributed by atoms with Crippen molar-refractivity contribution < 1.29 is 9.53 Å². The van der Waals surface area contributed by atoms with Crippen LogP contribution in [0.4, 0.5) is 5.82 Å². The maximum absolute atomic E-state index is 11.8. The number of anilines is 1. The Morgan fingerprint density at radius 3 is 2.42 bits per heavy atom. The van der Waals surface area contributed by atoms with E-state index in [1.807, 2.05) is 13.0 Å². The summed E-state index contributed by atoms with van der Waals surface area (Å²) < 4.78 is 5.20. The topological polar surface area (TPSA) is 58.6 Å².